The second-order valence-corrected chi connectivity index (χ2v) is 10.6. The van der Waals surface area contributed by atoms with Gasteiger partial charge in [0.15, 0.2) is 0 Å². The van der Waals surface area contributed by atoms with Gasteiger partial charge >= 0.3 is 18.4 Å². The van der Waals surface area contributed by atoms with E-state index >= 15 is 0 Å². The Morgan fingerprint density at radius 2 is 1.67 bits per heavy atom. The monoisotopic (exact) mass is 599 g/mol. The number of nitrogens with zero attached hydrogens (tertiary/aromatic N) is 4. The molecular weight excluding hydrogens is 566 g/mol. The van der Waals surface area contributed by atoms with E-state index in [-0.39, 0.29) is 30.2 Å². The minimum atomic E-state index is -5.01. The molecule has 1 aliphatic heterocycles. The Bertz CT molecular complexity index is 1330. The van der Waals surface area contributed by atoms with E-state index in [2.05, 4.69) is 10.2 Å². The van der Waals surface area contributed by atoms with Gasteiger partial charge in [0.2, 0.25) is 0 Å². The van der Waals surface area contributed by atoms with E-state index in [1.807, 2.05) is 12.1 Å². The molecule has 0 spiro atoms. The fourth-order valence-corrected chi connectivity index (χ4v) is 5.54. The summed E-state index contributed by atoms with van der Waals surface area (Å²) in [6.45, 7) is 3.30. The Morgan fingerprint density at radius 1 is 1.05 bits per heavy atom. The van der Waals surface area contributed by atoms with Crippen LogP contribution >= 0.6 is 0 Å². The predicted octanol–water partition coefficient (Wildman–Crippen LogP) is 6.40. The number of hydrogen-bond acceptors (Lipinski definition) is 4. The van der Waals surface area contributed by atoms with Crippen LogP contribution in [0, 0.1) is 5.53 Å². The maximum absolute atomic E-state index is 13.7. The topological polar surface area (TPSA) is 98.0 Å². The summed E-state index contributed by atoms with van der Waals surface area (Å²) >= 11 is 0. The van der Waals surface area contributed by atoms with Gasteiger partial charge in [0.05, 0.1) is 36.0 Å². The van der Waals surface area contributed by atoms with E-state index in [1.165, 1.54) is 15.2 Å². The smallest absolute Gasteiger partial charge is 0.416 e. The van der Waals surface area contributed by atoms with E-state index in [1.54, 1.807) is 20.9 Å². The van der Waals surface area contributed by atoms with Gasteiger partial charge in [-0.2, -0.15) is 26.3 Å². The van der Waals surface area contributed by atoms with Crippen molar-refractivity contribution in [3.8, 4) is 0 Å². The van der Waals surface area contributed by atoms with Crippen molar-refractivity contribution in [3.05, 3.63) is 63.7 Å². The van der Waals surface area contributed by atoms with Crippen LogP contribution in [0.5, 0.6) is 0 Å². The van der Waals surface area contributed by atoms with Crippen LogP contribution in [0.2, 0.25) is 0 Å². The third-order valence-electron chi connectivity index (χ3n) is 7.29. The van der Waals surface area contributed by atoms with Gasteiger partial charge < -0.3 is 9.64 Å². The van der Waals surface area contributed by atoms with Crippen LogP contribution in [-0.4, -0.2) is 36.6 Å². The van der Waals surface area contributed by atoms with Crippen molar-refractivity contribution in [3.63, 3.8) is 0 Å². The van der Waals surface area contributed by atoms with E-state index in [0.29, 0.717) is 36.2 Å². The number of nitrogens with one attached hydrogen (secondary N) is 1. The van der Waals surface area contributed by atoms with Crippen LogP contribution in [0.3, 0.4) is 0 Å². The number of anilines is 1. The predicted molar refractivity (Wildman–Crippen MR) is 142 cm³/mol. The number of alkyl halides is 6. The minimum absolute atomic E-state index is 0.0833. The minimum Gasteiger partial charge on any atom is -0.446 e. The van der Waals surface area contributed by atoms with Crippen LogP contribution in [0.15, 0.2) is 40.5 Å². The van der Waals surface area contributed by atoms with Crippen LogP contribution in [0.4, 0.5) is 36.8 Å². The van der Waals surface area contributed by atoms with Crippen molar-refractivity contribution < 1.29 is 41.3 Å². The first-order valence-electron chi connectivity index (χ1n) is 13.6. The largest absolute Gasteiger partial charge is 0.446 e. The molecule has 0 aromatic heterocycles. The van der Waals surface area contributed by atoms with Crippen molar-refractivity contribution in [2.45, 2.75) is 77.0 Å². The molecule has 0 saturated heterocycles. The first kappa shape index (κ1) is 31.3. The number of nitrogens with two attached hydrogens (primary N) is 1. The van der Waals surface area contributed by atoms with Crippen molar-refractivity contribution in [1.29, 1.82) is 5.53 Å². The molecule has 0 fully saturated rings. The molecule has 0 unspecified atom stereocenters. The summed E-state index contributed by atoms with van der Waals surface area (Å²) in [6, 6.07) is 4.63. The molecular formula is C28H33F6N6O2+. The maximum atomic E-state index is 13.7. The first-order valence-corrected chi connectivity index (χ1v) is 13.6. The molecule has 0 radical (unpaired) electrons. The lowest BCUT2D eigenvalue weighted by atomic mass is 9.95. The van der Waals surface area contributed by atoms with Gasteiger partial charge in [-0.15, -0.1) is 5.11 Å². The van der Waals surface area contributed by atoms with E-state index < -0.39 is 42.2 Å². The number of amides is 1. The Balaban J connectivity index is 1.88. The molecule has 2 aromatic carbocycles. The molecule has 1 aliphatic carbocycles. The fraction of sp³-hybridized carbons (Fsp3) is 0.500. The molecule has 1 atom stereocenters. The Morgan fingerprint density at radius 3 is 2.21 bits per heavy atom. The maximum Gasteiger partial charge on any atom is 0.416 e. The van der Waals surface area contributed by atoms with E-state index in [0.717, 1.165) is 30.4 Å². The third kappa shape index (κ3) is 6.85. The molecule has 2 aromatic rings. The zero-order valence-corrected chi connectivity index (χ0v) is 23.4. The van der Waals surface area contributed by atoms with Gasteiger partial charge in [0.25, 0.3) is 5.96 Å². The molecule has 3 N–H and O–H groups in total. The number of carbonyl (C=O) groups is 1. The quantitative estimate of drug-likeness (QED) is 0.104. The Labute approximate surface area is 239 Å². The van der Waals surface area contributed by atoms with Crippen molar-refractivity contribution in [2.24, 2.45) is 10.2 Å². The van der Waals surface area contributed by atoms with Gasteiger partial charge in [-0.1, -0.05) is 6.07 Å². The molecule has 228 valence electrons. The molecule has 14 heteroatoms. The molecule has 0 saturated carbocycles. The number of carbonyl (C=O) groups excluding carboxylic acids is 1. The summed E-state index contributed by atoms with van der Waals surface area (Å²) < 4.78 is 87.4. The van der Waals surface area contributed by atoms with E-state index in [4.69, 9.17) is 10.3 Å². The zero-order chi connectivity index (χ0) is 30.8. The fourth-order valence-electron chi connectivity index (χ4n) is 5.54. The highest BCUT2D eigenvalue weighted by atomic mass is 19.4. The lowest BCUT2D eigenvalue weighted by Gasteiger charge is -2.33. The SMILES string of the molecule is C[NH2+]/N=C(\N=N)N(Cc1cc(C(F)(F)F)cc(C(F)(F)F)c1)[C@H]1CCCN(C(=O)OC(C)C)c2cc3c(cc21)CCC3. The molecule has 8 nitrogen and oxygen atoms in total. The third-order valence-corrected chi connectivity index (χ3v) is 7.29. The second-order valence-electron chi connectivity index (χ2n) is 10.6. The van der Waals surface area contributed by atoms with Crippen LogP contribution in [-0.2, 0) is 36.5 Å². The Kier molecular flexibility index (Phi) is 9.14. The van der Waals surface area contributed by atoms with Crippen LogP contribution < -0.4 is 10.3 Å². The van der Waals surface area contributed by atoms with Gasteiger partial charge in [-0.25, -0.2) is 15.8 Å². The number of halogens is 6. The molecule has 4 rings (SSSR count). The highest BCUT2D eigenvalue weighted by molar-refractivity contribution is 5.90. The number of guanidine groups is 1. The standard InChI is InChI=1S/C28H32F6N6O2/c1-16(2)42-26(41)39-9-5-8-23(22-12-18-6-4-7-19(18)13-24(22)39)40(25(37-35)38-36-3)15-17-10-20(27(29,30)31)14-21(11-17)28(32,33)34/h10-14,16,23,35-36H,4-9,15H2,1-3H3/p+1/b37-35?,38-25+/t23-/m0/s1. The summed E-state index contributed by atoms with van der Waals surface area (Å²) in [4.78, 5) is 16.1. The van der Waals surface area contributed by atoms with Crippen molar-refractivity contribution >= 4 is 17.7 Å². The lowest BCUT2D eigenvalue weighted by molar-refractivity contribution is -0.633. The van der Waals surface area contributed by atoms with Crippen LogP contribution in [0.25, 0.3) is 0 Å². The normalized spacial score (nSPS) is 17.5. The molecule has 0 bridgehead atoms. The molecule has 1 amide bonds. The van der Waals surface area contributed by atoms with Gasteiger partial charge in [0.1, 0.15) is 0 Å². The number of benzene rings is 2. The van der Waals surface area contributed by atoms with Crippen LogP contribution in [0.1, 0.15) is 72.5 Å². The summed E-state index contributed by atoms with van der Waals surface area (Å²) in [6.07, 6.45) is -7.64. The number of ether oxygens (including phenoxy) is 1. The summed E-state index contributed by atoms with van der Waals surface area (Å²) in [7, 11) is 1.56. The van der Waals surface area contributed by atoms with Crippen molar-refractivity contribution in [2.75, 3.05) is 18.5 Å². The number of quaternary nitrogens is 1. The average molecular weight is 600 g/mol. The molecule has 2 aliphatic rings. The molecule has 42 heavy (non-hydrogen) atoms. The average Bonchev–Trinajstić information content (AvgIpc) is 3.28. The number of hydrogen-bond donors (Lipinski definition) is 2. The van der Waals surface area contributed by atoms with Crippen molar-refractivity contribution in [1.82, 2.24) is 4.90 Å². The highest BCUT2D eigenvalue weighted by Gasteiger charge is 2.39. The van der Waals surface area contributed by atoms with Gasteiger partial charge in [0, 0.05) is 13.1 Å². The Hall–Kier alpha value is -3.68. The number of rotatable bonds is 5. The lowest BCUT2D eigenvalue weighted by Crippen LogP contribution is -2.73. The highest BCUT2D eigenvalue weighted by Crippen LogP contribution is 2.42. The second kappa shape index (κ2) is 12.3. The molecule has 1 heterocycles. The zero-order valence-electron chi connectivity index (χ0n) is 23.4. The number of aryl methyl sites for hydroxylation is 2. The van der Waals surface area contributed by atoms with Gasteiger partial charge in [-0.05, 0) is 97.6 Å². The number of fused-ring (bicyclic) bond motifs is 2. The summed E-state index contributed by atoms with van der Waals surface area (Å²) in [5.41, 5.74) is 9.32. The first-order chi connectivity index (χ1) is 19.7. The van der Waals surface area contributed by atoms with Gasteiger partial charge in [-0.3, -0.25) is 4.90 Å². The van der Waals surface area contributed by atoms with E-state index in [9.17, 15) is 31.1 Å². The summed E-state index contributed by atoms with van der Waals surface area (Å²) in [5.74, 6) is -0.182. The summed E-state index contributed by atoms with van der Waals surface area (Å²) in [5, 5.41) is 7.65.